The molecule has 226 valence electrons. The normalized spacial score (nSPS) is 11.6. The van der Waals surface area contributed by atoms with E-state index in [4.69, 9.17) is 4.74 Å². The van der Waals surface area contributed by atoms with Crippen LogP contribution in [0, 0.1) is 0 Å². The average Bonchev–Trinajstić information content (AvgIpc) is 2.97. The van der Waals surface area contributed by atoms with Gasteiger partial charge < -0.3 is 9.64 Å². The van der Waals surface area contributed by atoms with Gasteiger partial charge in [-0.25, -0.2) is 4.79 Å². The summed E-state index contributed by atoms with van der Waals surface area (Å²) in [6.45, 7) is 11.3. The van der Waals surface area contributed by atoms with Gasteiger partial charge in [-0.2, -0.15) is 0 Å². The summed E-state index contributed by atoms with van der Waals surface area (Å²) in [5.74, 6) is -1.67. The lowest BCUT2D eigenvalue weighted by Crippen LogP contribution is -2.31. The van der Waals surface area contributed by atoms with E-state index in [0.29, 0.717) is 5.56 Å². The molecule has 0 saturated heterocycles. The highest BCUT2D eigenvalue weighted by Gasteiger charge is 2.18. The number of hydrogen-bond donors (Lipinski definition) is 0. The first kappa shape index (κ1) is 34.4. The number of carbonyl (C=O) groups is 4. The summed E-state index contributed by atoms with van der Waals surface area (Å²) in [5, 5.41) is 0. The van der Waals surface area contributed by atoms with Crippen LogP contribution >= 0.6 is 0 Å². The van der Waals surface area contributed by atoms with E-state index in [1.54, 1.807) is 87.5 Å². The molecule has 1 amide bonds. The lowest BCUT2D eigenvalue weighted by Gasteiger charge is -2.21. The van der Waals surface area contributed by atoms with E-state index in [1.807, 2.05) is 4.90 Å². The molecule has 2 rings (SSSR count). The van der Waals surface area contributed by atoms with Crippen molar-refractivity contribution in [1.29, 1.82) is 0 Å². The lowest BCUT2D eigenvalue weighted by molar-refractivity contribution is -0.148. The third-order valence-corrected chi connectivity index (χ3v) is 6.66. The third-order valence-electron chi connectivity index (χ3n) is 6.66. The summed E-state index contributed by atoms with van der Waals surface area (Å²) in [4.78, 5) is 52.4. The van der Waals surface area contributed by atoms with Gasteiger partial charge in [0, 0.05) is 36.4 Å². The van der Waals surface area contributed by atoms with Crippen molar-refractivity contribution in [2.45, 2.75) is 91.6 Å². The number of unbranched alkanes of at least 4 members (excludes halogenated alkanes) is 6. The van der Waals surface area contributed by atoms with E-state index in [0.717, 1.165) is 57.2 Å². The zero-order valence-corrected chi connectivity index (χ0v) is 26.0. The third kappa shape index (κ3) is 12.8. The van der Waals surface area contributed by atoms with E-state index in [-0.39, 0.29) is 17.0 Å². The Labute approximate surface area is 251 Å². The largest absolute Gasteiger partial charge is 0.457 e. The maximum absolute atomic E-state index is 12.9. The Morgan fingerprint density at radius 2 is 1.07 bits per heavy atom. The topological polar surface area (TPSA) is 80.8 Å². The monoisotopic (exact) mass is 573 g/mol. The van der Waals surface area contributed by atoms with Gasteiger partial charge >= 0.3 is 5.97 Å². The number of ether oxygens (including phenoxy) is 1. The summed E-state index contributed by atoms with van der Waals surface area (Å²) >= 11 is 0. The van der Waals surface area contributed by atoms with Gasteiger partial charge in [-0.3, -0.25) is 14.4 Å². The number of benzene rings is 2. The highest BCUT2D eigenvalue weighted by molar-refractivity contribution is 6.49. The summed E-state index contributed by atoms with van der Waals surface area (Å²) in [7, 11) is 0. The van der Waals surface area contributed by atoms with Crippen molar-refractivity contribution in [2.75, 3.05) is 13.1 Å². The Balaban J connectivity index is 1.98. The van der Waals surface area contributed by atoms with E-state index in [1.165, 1.54) is 18.9 Å². The lowest BCUT2D eigenvalue weighted by atomic mass is 9.99. The van der Waals surface area contributed by atoms with Crippen LogP contribution < -0.4 is 0 Å². The number of rotatable bonds is 17. The van der Waals surface area contributed by atoms with Crippen LogP contribution in [0.2, 0.25) is 0 Å². The Morgan fingerprint density at radius 1 is 0.643 bits per heavy atom. The zero-order valence-electron chi connectivity index (χ0n) is 26.0. The second-order valence-electron chi connectivity index (χ2n) is 11.5. The summed E-state index contributed by atoms with van der Waals surface area (Å²) in [6, 6.07) is 13.2. The smallest absolute Gasteiger partial charge is 0.331 e. The van der Waals surface area contributed by atoms with Crippen molar-refractivity contribution in [3.8, 4) is 0 Å². The number of hydrogen-bond acceptors (Lipinski definition) is 5. The number of nitrogens with zero attached hydrogens (tertiary/aromatic N) is 1. The SMILES string of the molecule is CCCCCCN(CCCCCC)C(=O)/C=C/c1ccc(C(=O)C(=O)c2ccc(/C=C/C(=O)OC(C)(C)C)cc2)cc1. The zero-order chi connectivity index (χ0) is 31.0. The molecule has 0 bridgehead atoms. The summed E-state index contributed by atoms with van der Waals surface area (Å²) < 4.78 is 5.24. The van der Waals surface area contributed by atoms with Crippen molar-refractivity contribution in [1.82, 2.24) is 4.90 Å². The van der Waals surface area contributed by atoms with Gasteiger partial charge in [0.05, 0.1) is 0 Å². The molecule has 0 saturated carbocycles. The molecule has 0 aliphatic rings. The molecule has 42 heavy (non-hydrogen) atoms. The minimum absolute atomic E-state index is 0.00251. The molecule has 6 heteroatoms. The van der Waals surface area contributed by atoms with E-state index >= 15 is 0 Å². The van der Waals surface area contributed by atoms with Crippen LogP contribution in [-0.4, -0.2) is 47.0 Å². The number of ketones is 2. The van der Waals surface area contributed by atoms with E-state index < -0.39 is 23.1 Å². The van der Waals surface area contributed by atoms with Gasteiger partial charge in [0.15, 0.2) is 0 Å². The second kappa shape index (κ2) is 17.9. The van der Waals surface area contributed by atoms with Crippen LogP contribution in [0.25, 0.3) is 12.2 Å². The molecule has 0 radical (unpaired) electrons. The second-order valence-corrected chi connectivity index (χ2v) is 11.5. The standard InChI is InChI=1S/C36H47NO5/c1-6-8-10-12-26-37(27-13-11-9-7-2)32(38)24-18-28-14-20-30(21-15-28)34(40)35(41)31-22-16-29(17-23-31)19-25-33(39)42-36(3,4)5/h14-25H,6-13,26-27H2,1-5H3/b24-18+,25-19+. The average molecular weight is 574 g/mol. The van der Waals surface area contributed by atoms with Crippen molar-refractivity contribution in [2.24, 2.45) is 0 Å². The van der Waals surface area contributed by atoms with Crippen LogP contribution in [0.3, 0.4) is 0 Å². The Hall–Kier alpha value is -3.80. The minimum Gasteiger partial charge on any atom is -0.457 e. The molecule has 0 atom stereocenters. The van der Waals surface area contributed by atoms with E-state index in [9.17, 15) is 19.2 Å². The highest BCUT2D eigenvalue weighted by Crippen LogP contribution is 2.14. The fraction of sp³-hybridized carbons (Fsp3) is 0.444. The molecular formula is C36H47NO5. The van der Waals surface area contributed by atoms with Gasteiger partial charge in [-0.1, -0.05) is 101 Å². The molecule has 0 aromatic heterocycles. The maximum atomic E-state index is 12.9. The Kier molecular flexibility index (Phi) is 14.7. The molecule has 0 spiro atoms. The number of esters is 1. The highest BCUT2D eigenvalue weighted by atomic mass is 16.6. The van der Waals surface area contributed by atoms with Gasteiger partial charge in [0.2, 0.25) is 17.5 Å². The van der Waals surface area contributed by atoms with Crippen LogP contribution in [0.1, 0.15) is 118 Å². The maximum Gasteiger partial charge on any atom is 0.331 e. The first-order valence-electron chi connectivity index (χ1n) is 15.2. The molecule has 0 aliphatic carbocycles. The molecule has 0 fully saturated rings. The number of amides is 1. The fourth-order valence-corrected chi connectivity index (χ4v) is 4.32. The molecule has 0 aliphatic heterocycles. The van der Waals surface area contributed by atoms with Crippen LogP contribution in [0.15, 0.2) is 60.7 Å². The van der Waals surface area contributed by atoms with Crippen LogP contribution in [-0.2, 0) is 14.3 Å². The van der Waals surface area contributed by atoms with Crippen molar-refractivity contribution in [3.05, 3.63) is 82.9 Å². The molecule has 6 nitrogen and oxygen atoms in total. The molecule has 2 aromatic rings. The van der Waals surface area contributed by atoms with Crippen LogP contribution in [0.4, 0.5) is 0 Å². The summed E-state index contributed by atoms with van der Waals surface area (Å²) in [6.07, 6.45) is 15.2. The van der Waals surface area contributed by atoms with Crippen molar-refractivity contribution in [3.63, 3.8) is 0 Å². The predicted octanol–water partition coefficient (Wildman–Crippen LogP) is 8.11. The summed E-state index contributed by atoms with van der Waals surface area (Å²) in [5.41, 5.74) is 1.46. The van der Waals surface area contributed by atoms with Crippen LogP contribution in [0.5, 0.6) is 0 Å². The first-order valence-corrected chi connectivity index (χ1v) is 15.2. The Bertz CT molecular complexity index is 1200. The first-order chi connectivity index (χ1) is 20.0. The van der Waals surface area contributed by atoms with Crippen molar-refractivity contribution >= 4 is 35.6 Å². The number of carbonyl (C=O) groups excluding carboxylic acids is 4. The van der Waals surface area contributed by atoms with Gasteiger partial charge in [0.25, 0.3) is 0 Å². The van der Waals surface area contributed by atoms with E-state index in [2.05, 4.69) is 13.8 Å². The molecule has 2 aromatic carbocycles. The minimum atomic E-state index is -0.613. The number of Topliss-reactive ketones (excluding diaryl/α,β-unsaturated/α-hetero) is 2. The molecule has 0 unspecified atom stereocenters. The van der Waals surface area contributed by atoms with Gasteiger partial charge in [-0.05, 0) is 56.9 Å². The molecule has 0 heterocycles. The van der Waals surface area contributed by atoms with Gasteiger partial charge in [0.1, 0.15) is 5.60 Å². The van der Waals surface area contributed by atoms with Crippen molar-refractivity contribution < 1.29 is 23.9 Å². The van der Waals surface area contributed by atoms with Gasteiger partial charge in [-0.15, -0.1) is 0 Å². The fourth-order valence-electron chi connectivity index (χ4n) is 4.32. The molecular weight excluding hydrogens is 526 g/mol. The predicted molar refractivity (Wildman–Crippen MR) is 170 cm³/mol. The molecule has 0 N–H and O–H groups in total. The quantitative estimate of drug-likeness (QED) is 0.0628. The Morgan fingerprint density at radius 3 is 1.48 bits per heavy atom.